The number of hydrogen-bond acceptors (Lipinski definition) is 3. The predicted molar refractivity (Wildman–Crippen MR) is 59.2 cm³/mol. The standard InChI is InChI=1S/C12H11F2NO4/c1-15-9(16)5-19-11(12(17)18)10(15)7-3-2-6(13)4-8(7)14/h2-4,10-11H,5H2,1H3,(H,17,18). The second kappa shape index (κ2) is 4.93. The molecule has 19 heavy (non-hydrogen) atoms. The molecular weight excluding hydrogens is 260 g/mol. The summed E-state index contributed by atoms with van der Waals surface area (Å²) in [5.41, 5.74) is -0.0932. The maximum atomic E-state index is 13.7. The molecule has 1 aromatic rings. The van der Waals surface area contributed by atoms with Crippen molar-refractivity contribution in [3.63, 3.8) is 0 Å². The predicted octanol–water partition coefficient (Wildman–Crippen LogP) is 0.948. The first-order valence-corrected chi connectivity index (χ1v) is 5.47. The third-order valence-electron chi connectivity index (χ3n) is 3.01. The SMILES string of the molecule is CN1C(=O)COC(C(=O)O)C1c1ccc(F)cc1F. The highest BCUT2D eigenvalue weighted by atomic mass is 19.1. The summed E-state index contributed by atoms with van der Waals surface area (Å²) in [7, 11) is 1.36. The fourth-order valence-electron chi connectivity index (χ4n) is 2.03. The van der Waals surface area contributed by atoms with Gasteiger partial charge in [0.25, 0.3) is 0 Å². The number of carboxylic acids is 1. The number of ether oxygens (including phenoxy) is 1. The van der Waals surface area contributed by atoms with Crippen LogP contribution in [0.3, 0.4) is 0 Å². The highest BCUT2D eigenvalue weighted by Crippen LogP contribution is 2.31. The summed E-state index contributed by atoms with van der Waals surface area (Å²) in [6.07, 6.45) is -1.39. The maximum absolute atomic E-state index is 13.7. The zero-order valence-corrected chi connectivity index (χ0v) is 9.97. The number of hydrogen-bond donors (Lipinski definition) is 1. The fourth-order valence-corrected chi connectivity index (χ4v) is 2.03. The number of benzene rings is 1. The van der Waals surface area contributed by atoms with Crippen molar-refractivity contribution in [2.45, 2.75) is 12.1 Å². The van der Waals surface area contributed by atoms with Crippen LogP contribution in [0.5, 0.6) is 0 Å². The zero-order chi connectivity index (χ0) is 14.2. The third kappa shape index (κ3) is 2.41. The van der Waals surface area contributed by atoms with Gasteiger partial charge in [-0.15, -0.1) is 0 Å². The van der Waals surface area contributed by atoms with Crippen molar-refractivity contribution in [2.24, 2.45) is 0 Å². The van der Waals surface area contributed by atoms with Crippen molar-refractivity contribution in [3.05, 3.63) is 35.4 Å². The minimum absolute atomic E-state index is 0.0932. The number of aliphatic carboxylic acids is 1. The van der Waals surface area contributed by atoms with Gasteiger partial charge in [-0.1, -0.05) is 6.07 Å². The van der Waals surface area contributed by atoms with Gasteiger partial charge >= 0.3 is 5.97 Å². The second-order valence-electron chi connectivity index (χ2n) is 4.19. The van der Waals surface area contributed by atoms with Gasteiger partial charge in [0, 0.05) is 18.7 Å². The molecule has 0 aromatic heterocycles. The van der Waals surface area contributed by atoms with Crippen molar-refractivity contribution in [1.29, 1.82) is 0 Å². The molecule has 1 amide bonds. The first-order chi connectivity index (χ1) is 8.91. The number of halogens is 2. The smallest absolute Gasteiger partial charge is 0.335 e. The molecule has 2 rings (SSSR count). The summed E-state index contributed by atoms with van der Waals surface area (Å²) in [5.74, 6) is -3.47. The molecule has 2 atom stereocenters. The molecule has 1 fully saturated rings. The van der Waals surface area contributed by atoms with E-state index < -0.39 is 35.7 Å². The maximum Gasteiger partial charge on any atom is 0.335 e. The minimum Gasteiger partial charge on any atom is -0.479 e. The molecular formula is C12H11F2NO4. The highest BCUT2D eigenvalue weighted by Gasteiger charge is 2.41. The Hall–Kier alpha value is -2.02. The monoisotopic (exact) mass is 271 g/mol. The first kappa shape index (κ1) is 13.4. The molecule has 1 aliphatic rings. The van der Waals surface area contributed by atoms with Crippen molar-refractivity contribution in [3.8, 4) is 0 Å². The molecule has 0 radical (unpaired) electrons. The fraction of sp³-hybridized carbons (Fsp3) is 0.333. The Morgan fingerprint density at radius 2 is 2.16 bits per heavy atom. The molecule has 0 spiro atoms. The van der Waals surface area contributed by atoms with E-state index >= 15 is 0 Å². The minimum atomic E-state index is -1.39. The van der Waals surface area contributed by atoms with E-state index in [9.17, 15) is 18.4 Å². The average molecular weight is 271 g/mol. The van der Waals surface area contributed by atoms with Crippen LogP contribution in [-0.2, 0) is 14.3 Å². The molecule has 1 heterocycles. The van der Waals surface area contributed by atoms with E-state index in [4.69, 9.17) is 9.84 Å². The van der Waals surface area contributed by atoms with Crippen LogP contribution in [0, 0.1) is 11.6 Å². The van der Waals surface area contributed by atoms with Crippen molar-refractivity contribution < 1.29 is 28.2 Å². The molecule has 102 valence electrons. The van der Waals surface area contributed by atoms with Crippen molar-refractivity contribution in [1.82, 2.24) is 4.90 Å². The number of carboxylic acid groups (broad SMARTS) is 1. The van der Waals surface area contributed by atoms with Gasteiger partial charge < -0.3 is 14.7 Å². The second-order valence-corrected chi connectivity index (χ2v) is 4.19. The summed E-state index contributed by atoms with van der Waals surface area (Å²) in [5, 5.41) is 9.06. The van der Waals surface area contributed by atoms with Gasteiger partial charge in [0.05, 0.1) is 6.04 Å². The highest BCUT2D eigenvalue weighted by molar-refractivity contribution is 5.82. The molecule has 0 bridgehead atoms. The quantitative estimate of drug-likeness (QED) is 0.869. The lowest BCUT2D eigenvalue weighted by Crippen LogP contribution is -2.50. The van der Waals surface area contributed by atoms with Crippen LogP contribution >= 0.6 is 0 Å². The van der Waals surface area contributed by atoms with E-state index in [0.717, 1.165) is 17.0 Å². The summed E-state index contributed by atoms with van der Waals surface area (Å²) in [6.45, 7) is -0.382. The summed E-state index contributed by atoms with van der Waals surface area (Å²) in [6, 6.07) is 1.63. The number of rotatable bonds is 2. The normalized spacial score (nSPS) is 23.5. The Morgan fingerprint density at radius 3 is 2.74 bits per heavy atom. The van der Waals surface area contributed by atoms with Gasteiger partial charge in [-0.05, 0) is 6.07 Å². The molecule has 7 heteroatoms. The Kier molecular flexibility index (Phi) is 3.48. The lowest BCUT2D eigenvalue weighted by atomic mass is 9.97. The summed E-state index contributed by atoms with van der Waals surface area (Å²) < 4.78 is 31.5. The third-order valence-corrected chi connectivity index (χ3v) is 3.01. The van der Waals surface area contributed by atoms with Crippen LogP contribution in [0.4, 0.5) is 8.78 Å². The summed E-state index contributed by atoms with van der Waals surface area (Å²) >= 11 is 0. The van der Waals surface area contributed by atoms with E-state index in [1.807, 2.05) is 0 Å². The first-order valence-electron chi connectivity index (χ1n) is 5.47. The van der Waals surface area contributed by atoms with Gasteiger partial charge in [0.1, 0.15) is 18.2 Å². The van der Waals surface area contributed by atoms with Gasteiger partial charge in [-0.3, -0.25) is 4.79 Å². The van der Waals surface area contributed by atoms with E-state index in [1.54, 1.807) is 0 Å². The van der Waals surface area contributed by atoms with Gasteiger partial charge in [-0.2, -0.15) is 0 Å². The van der Waals surface area contributed by atoms with Crippen LogP contribution in [0.1, 0.15) is 11.6 Å². The Labute approximate surface area is 107 Å². The molecule has 5 nitrogen and oxygen atoms in total. The number of nitrogens with zero attached hydrogens (tertiary/aromatic N) is 1. The molecule has 0 aliphatic carbocycles. The van der Waals surface area contributed by atoms with Crippen LogP contribution in [0.15, 0.2) is 18.2 Å². The largest absolute Gasteiger partial charge is 0.479 e. The molecule has 1 N–H and O–H groups in total. The van der Waals surface area contributed by atoms with E-state index in [1.165, 1.54) is 7.05 Å². The number of carbonyl (C=O) groups excluding carboxylic acids is 1. The molecule has 1 aromatic carbocycles. The van der Waals surface area contributed by atoms with Crippen LogP contribution in [0.25, 0.3) is 0 Å². The number of carbonyl (C=O) groups is 2. The molecule has 2 unspecified atom stereocenters. The zero-order valence-electron chi connectivity index (χ0n) is 9.97. The Bertz CT molecular complexity index is 534. The molecule has 0 saturated carbocycles. The van der Waals surface area contributed by atoms with E-state index in [-0.39, 0.29) is 12.2 Å². The van der Waals surface area contributed by atoms with Crippen LogP contribution in [-0.4, -0.2) is 41.6 Å². The van der Waals surface area contributed by atoms with Crippen LogP contribution < -0.4 is 0 Å². The van der Waals surface area contributed by atoms with Crippen molar-refractivity contribution >= 4 is 11.9 Å². The van der Waals surface area contributed by atoms with E-state index in [2.05, 4.69) is 0 Å². The Morgan fingerprint density at radius 1 is 1.47 bits per heavy atom. The number of likely N-dealkylation sites (N-methyl/N-ethyl adjacent to an activating group) is 1. The lowest BCUT2D eigenvalue weighted by molar-refractivity contribution is -0.171. The topological polar surface area (TPSA) is 66.8 Å². The van der Waals surface area contributed by atoms with Crippen molar-refractivity contribution in [2.75, 3.05) is 13.7 Å². The molecule has 1 aliphatic heterocycles. The van der Waals surface area contributed by atoms with Gasteiger partial charge in [0.15, 0.2) is 6.10 Å². The van der Waals surface area contributed by atoms with Gasteiger partial charge in [-0.25, -0.2) is 13.6 Å². The number of amides is 1. The average Bonchev–Trinajstić information content (AvgIpc) is 2.33. The van der Waals surface area contributed by atoms with Crippen LogP contribution in [0.2, 0.25) is 0 Å². The van der Waals surface area contributed by atoms with Gasteiger partial charge in [0.2, 0.25) is 5.91 Å². The van der Waals surface area contributed by atoms with E-state index in [0.29, 0.717) is 6.07 Å². The number of morpholine rings is 1. The lowest BCUT2D eigenvalue weighted by Gasteiger charge is -2.37. The molecule has 1 saturated heterocycles. The Balaban J connectivity index is 2.46. The summed E-state index contributed by atoms with van der Waals surface area (Å²) in [4.78, 5) is 23.7.